The first-order chi connectivity index (χ1) is 17.4. The SMILES string of the molecule is O=C(Cn1nc(C(=O)O)cc1OCc1c(F)cccc1F)NC1CCCCC1OCc1ccccc1. The summed E-state index contributed by atoms with van der Waals surface area (Å²) < 4.78 is 40.5. The average molecular weight is 500 g/mol. The van der Waals surface area contributed by atoms with Gasteiger partial charge in [0.2, 0.25) is 11.8 Å². The van der Waals surface area contributed by atoms with Crippen LogP contribution in [0, 0.1) is 11.6 Å². The number of benzene rings is 2. The molecule has 1 aliphatic rings. The first kappa shape index (κ1) is 25.3. The topological polar surface area (TPSA) is 103 Å². The quantitative estimate of drug-likeness (QED) is 0.436. The molecule has 8 nitrogen and oxygen atoms in total. The van der Waals surface area contributed by atoms with E-state index in [1.807, 2.05) is 30.3 Å². The van der Waals surface area contributed by atoms with Crippen molar-refractivity contribution < 1.29 is 33.0 Å². The van der Waals surface area contributed by atoms with Crippen LogP contribution in [0.25, 0.3) is 0 Å². The van der Waals surface area contributed by atoms with Gasteiger partial charge in [-0.3, -0.25) is 4.79 Å². The van der Waals surface area contributed by atoms with Crippen LogP contribution in [-0.2, 0) is 29.3 Å². The Labute approximate surface area is 206 Å². The molecule has 3 aromatic rings. The number of aromatic carboxylic acids is 1. The number of carboxylic acids is 1. The smallest absolute Gasteiger partial charge is 0.356 e. The van der Waals surface area contributed by atoms with Crippen molar-refractivity contribution in [1.29, 1.82) is 0 Å². The molecular formula is C26H27F2N3O5. The van der Waals surface area contributed by atoms with Crippen LogP contribution < -0.4 is 10.1 Å². The second-order valence-corrected chi connectivity index (χ2v) is 8.61. The number of hydrogen-bond acceptors (Lipinski definition) is 5. The predicted octanol–water partition coefficient (Wildman–Crippen LogP) is 4.08. The third kappa shape index (κ3) is 6.45. The maximum atomic E-state index is 14.0. The number of aromatic nitrogens is 2. The van der Waals surface area contributed by atoms with Gasteiger partial charge in [0.05, 0.1) is 24.3 Å². The monoisotopic (exact) mass is 499 g/mol. The molecule has 0 bridgehead atoms. The molecule has 1 saturated carbocycles. The minimum atomic E-state index is -1.32. The molecule has 10 heteroatoms. The van der Waals surface area contributed by atoms with E-state index in [1.165, 1.54) is 6.07 Å². The Kier molecular flexibility index (Phi) is 8.27. The van der Waals surface area contributed by atoms with Gasteiger partial charge >= 0.3 is 5.97 Å². The summed E-state index contributed by atoms with van der Waals surface area (Å²) in [5.74, 6) is -3.41. The van der Waals surface area contributed by atoms with Gasteiger partial charge in [-0.2, -0.15) is 5.10 Å². The van der Waals surface area contributed by atoms with Crippen molar-refractivity contribution >= 4 is 11.9 Å². The van der Waals surface area contributed by atoms with Crippen LogP contribution in [0.15, 0.2) is 54.6 Å². The summed E-state index contributed by atoms with van der Waals surface area (Å²) in [5.41, 5.74) is 0.375. The van der Waals surface area contributed by atoms with Gasteiger partial charge in [0.15, 0.2) is 5.69 Å². The highest BCUT2D eigenvalue weighted by Crippen LogP contribution is 2.23. The van der Waals surface area contributed by atoms with Gasteiger partial charge in [0, 0.05) is 6.07 Å². The summed E-state index contributed by atoms with van der Waals surface area (Å²) in [6.07, 6.45) is 3.35. The highest BCUT2D eigenvalue weighted by Gasteiger charge is 2.28. The molecule has 0 aliphatic heterocycles. The number of hydrogen-bond donors (Lipinski definition) is 2. The van der Waals surface area contributed by atoms with E-state index in [1.54, 1.807) is 0 Å². The van der Waals surface area contributed by atoms with E-state index in [9.17, 15) is 23.5 Å². The number of carbonyl (C=O) groups is 2. The van der Waals surface area contributed by atoms with Crippen molar-refractivity contribution in [3.05, 3.63) is 83.1 Å². The summed E-state index contributed by atoms with van der Waals surface area (Å²) in [5, 5.41) is 16.2. The van der Waals surface area contributed by atoms with Gasteiger partial charge in [-0.1, -0.05) is 49.2 Å². The van der Waals surface area contributed by atoms with Gasteiger partial charge in [-0.15, -0.1) is 0 Å². The molecule has 0 saturated heterocycles. The fraction of sp³-hybridized carbons (Fsp3) is 0.346. The van der Waals surface area contributed by atoms with Crippen LogP contribution in [0.2, 0.25) is 0 Å². The summed E-state index contributed by atoms with van der Waals surface area (Å²) in [6.45, 7) is -0.392. The van der Waals surface area contributed by atoms with Crippen molar-refractivity contribution in [2.75, 3.05) is 0 Å². The second-order valence-electron chi connectivity index (χ2n) is 8.61. The van der Waals surface area contributed by atoms with Gasteiger partial charge in [-0.25, -0.2) is 18.3 Å². The van der Waals surface area contributed by atoms with Crippen molar-refractivity contribution in [1.82, 2.24) is 15.1 Å². The third-order valence-electron chi connectivity index (χ3n) is 6.04. The lowest BCUT2D eigenvalue weighted by Gasteiger charge is -2.32. The number of rotatable bonds is 10. The van der Waals surface area contributed by atoms with Crippen LogP contribution in [0.4, 0.5) is 8.78 Å². The molecule has 1 amide bonds. The van der Waals surface area contributed by atoms with E-state index in [0.717, 1.165) is 54.1 Å². The number of ether oxygens (including phenoxy) is 2. The van der Waals surface area contributed by atoms with Crippen LogP contribution in [-0.4, -0.2) is 38.9 Å². The zero-order chi connectivity index (χ0) is 25.5. The molecular weight excluding hydrogens is 472 g/mol. The fourth-order valence-electron chi connectivity index (χ4n) is 4.18. The lowest BCUT2D eigenvalue weighted by molar-refractivity contribution is -0.124. The van der Waals surface area contributed by atoms with Crippen molar-refractivity contribution in [3.63, 3.8) is 0 Å². The van der Waals surface area contributed by atoms with Crippen LogP contribution in [0.1, 0.15) is 47.3 Å². The Balaban J connectivity index is 1.41. The largest absolute Gasteiger partial charge is 0.476 e. The molecule has 1 fully saturated rings. The maximum absolute atomic E-state index is 14.0. The summed E-state index contributed by atoms with van der Waals surface area (Å²) in [6, 6.07) is 14.1. The van der Waals surface area contributed by atoms with E-state index < -0.39 is 30.1 Å². The van der Waals surface area contributed by atoms with Gasteiger partial charge in [0.1, 0.15) is 24.8 Å². The Bertz CT molecular complexity index is 1180. The summed E-state index contributed by atoms with van der Waals surface area (Å²) in [7, 11) is 0. The van der Waals surface area contributed by atoms with E-state index in [0.29, 0.717) is 6.61 Å². The Morgan fingerprint density at radius 1 is 1.03 bits per heavy atom. The minimum Gasteiger partial charge on any atom is -0.476 e. The highest BCUT2D eigenvalue weighted by molar-refractivity contribution is 5.85. The summed E-state index contributed by atoms with van der Waals surface area (Å²) >= 11 is 0. The molecule has 4 rings (SSSR count). The zero-order valence-electron chi connectivity index (χ0n) is 19.5. The van der Waals surface area contributed by atoms with Gasteiger partial charge in [0.25, 0.3) is 0 Å². The highest BCUT2D eigenvalue weighted by atomic mass is 19.1. The lowest BCUT2D eigenvalue weighted by atomic mass is 9.92. The molecule has 2 atom stereocenters. The number of nitrogens with one attached hydrogen (secondary N) is 1. The van der Waals surface area contributed by atoms with E-state index >= 15 is 0 Å². The predicted molar refractivity (Wildman–Crippen MR) is 125 cm³/mol. The van der Waals surface area contributed by atoms with Crippen molar-refractivity contribution in [2.24, 2.45) is 0 Å². The van der Waals surface area contributed by atoms with Gasteiger partial charge in [-0.05, 0) is 30.5 Å². The first-order valence-electron chi connectivity index (χ1n) is 11.7. The Morgan fingerprint density at radius 3 is 2.47 bits per heavy atom. The molecule has 36 heavy (non-hydrogen) atoms. The molecule has 2 aromatic carbocycles. The summed E-state index contributed by atoms with van der Waals surface area (Å²) in [4.78, 5) is 24.3. The average Bonchev–Trinajstić information content (AvgIpc) is 3.26. The maximum Gasteiger partial charge on any atom is 0.356 e. The van der Waals surface area contributed by atoms with E-state index in [4.69, 9.17) is 9.47 Å². The number of halogens is 2. The molecule has 0 spiro atoms. The minimum absolute atomic E-state index is 0.0919. The van der Waals surface area contributed by atoms with E-state index in [2.05, 4.69) is 10.4 Å². The van der Waals surface area contributed by atoms with Crippen molar-refractivity contribution in [2.45, 2.75) is 57.6 Å². The van der Waals surface area contributed by atoms with E-state index in [-0.39, 0.29) is 35.8 Å². The van der Waals surface area contributed by atoms with Gasteiger partial charge < -0.3 is 19.9 Å². The van der Waals surface area contributed by atoms with Crippen LogP contribution >= 0.6 is 0 Å². The van der Waals surface area contributed by atoms with Crippen molar-refractivity contribution in [3.8, 4) is 5.88 Å². The molecule has 1 aliphatic carbocycles. The molecule has 190 valence electrons. The second kappa shape index (κ2) is 11.8. The normalized spacial score (nSPS) is 17.5. The molecule has 1 aromatic heterocycles. The van der Waals surface area contributed by atoms with Crippen LogP contribution in [0.5, 0.6) is 5.88 Å². The first-order valence-corrected chi connectivity index (χ1v) is 11.7. The zero-order valence-corrected chi connectivity index (χ0v) is 19.5. The lowest BCUT2D eigenvalue weighted by Crippen LogP contribution is -2.47. The molecule has 1 heterocycles. The molecule has 0 radical (unpaired) electrons. The fourth-order valence-corrected chi connectivity index (χ4v) is 4.18. The Hall–Kier alpha value is -3.79. The van der Waals surface area contributed by atoms with Crippen LogP contribution in [0.3, 0.4) is 0 Å². The Morgan fingerprint density at radius 2 is 1.75 bits per heavy atom. The molecule has 2 unspecified atom stereocenters. The number of amides is 1. The number of carbonyl (C=O) groups excluding carboxylic acids is 1. The third-order valence-corrected chi connectivity index (χ3v) is 6.04. The number of carboxylic acid groups (broad SMARTS) is 1. The molecule has 2 N–H and O–H groups in total. The standard InChI is InChI=1S/C26H27F2N3O5/c27-19-9-6-10-20(28)18(19)16-36-25-13-22(26(33)34)30-31(25)14-24(32)29-21-11-4-5-12-23(21)35-15-17-7-2-1-3-8-17/h1-3,6-10,13,21,23H,4-5,11-12,14-16H2,(H,29,32)(H,33,34). The number of nitrogens with zero attached hydrogens (tertiary/aromatic N) is 2.